The zero-order valence-electron chi connectivity index (χ0n) is 13.4. The van der Waals surface area contributed by atoms with Crippen molar-refractivity contribution < 1.29 is 14.3 Å². The summed E-state index contributed by atoms with van der Waals surface area (Å²) >= 11 is 0. The molecule has 0 saturated carbocycles. The molecule has 1 amide bonds. The lowest BCUT2D eigenvalue weighted by atomic mass is 9.98. The molecule has 1 saturated heterocycles. The van der Waals surface area contributed by atoms with Gasteiger partial charge in [-0.05, 0) is 45.9 Å². The quantitative estimate of drug-likeness (QED) is 0.850. The molecule has 1 aliphatic rings. The number of rotatable bonds is 2. The third-order valence-corrected chi connectivity index (χ3v) is 3.46. The molecular weight excluding hydrogens is 268 g/mol. The van der Waals surface area contributed by atoms with Crippen LogP contribution in [0.1, 0.15) is 38.1 Å². The van der Waals surface area contributed by atoms with Crippen molar-refractivity contribution in [1.29, 1.82) is 0 Å². The second-order valence-corrected chi connectivity index (χ2v) is 6.74. The number of benzene rings is 1. The van der Waals surface area contributed by atoms with Crippen LogP contribution in [-0.2, 0) is 4.74 Å². The number of amides is 1. The summed E-state index contributed by atoms with van der Waals surface area (Å²) in [6, 6.07) is 5.13. The van der Waals surface area contributed by atoms with E-state index in [-0.39, 0.29) is 17.1 Å². The predicted molar refractivity (Wildman–Crippen MR) is 82.6 cm³/mol. The molecule has 1 aromatic carbocycles. The number of anilines is 1. The summed E-state index contributed by atoms with van der Waals surface area (Å²) in [5, 5.41) is 0. The van der Waals surface area contributed by atoms with E-state index in [2.05, 4.69) is 0 Å². The van der Waals surface area contributed by atoms with Gasteiger partial charge in [-0.15, -0.1) is 0 Å². The van der Waals surface area contributed by atoms with Crippen molar-refractivity contribution in [1.82, 2.24) is 4.90 Å². The van der Waals surface area contributed by atoms with Crippen molar-refractivity contribution in [3.05, 3.63) is 23.8 Å². The van der Waals surface area contributed by atoms with E-state index in [1.807, 2.05) is 32.6 Å². The van der Waals surface area contributed by atoms with Gasteiger partial charge in [-0.3, -0.25) is 4.79 Å². The SMILES string of the molecule is COc1ccc(C(=O)N2CC(C)(C)OC(C)(C)C2)cc1N. The molecule has 0 radical (unpaired) electrons. The Morgan fingerprint density at radius 2 is 1.81 bits per heavy atom. The first-order chi connectivity index (χ1) is 9.63. The fraction of sp³-hybridized carbons (Fsp3) is 0.562. The molecule has 2 N–H and O–H groups in total. The summed E-state index contributed by atoms with van der Waals surface area (Å²) in [4.78, 5) is 14.5. The van der Waals surface area contributed by atoms with Gasteiger partial charge in [0.2, 0.25) is 0 Å². The lowest BCUT2D eigenvalue weighted by Gasteiger charge is -2.47. The molecule has 1 aliphatic heterocycles. The van der Waals surface area contributed by atoms with E-state index < -0.39 is 0 Å². The number of nitrogen functional groups attached to an aromatic ring is 1. The number of methoxy groups -OCH3 is 1. The highest BCUT2D eigenvalue weighted by Crippen LogP contribution is 2.30. The average molecular weight is 292 g/mol. The highest BCUT2D eigenvalue weighted by Gasteiger charge is 2.40. The van der Waals surface area contributed by atoms with E-state index >= 15 is 0 Å². The van der Waals surface area contributed by atoms with Crippen molar-refractivity contribution in [3.63, 3.8) is 0 Å². The molecule has 0 bridgehead atoms. The molecule has 0 spiro atoms. The van der Waals surface area contributed by atoms with Gasteiger partial charge in [0, 0.05) is 18.7 Å². The summed E-state index contributed by atoms with van der Waals surface area (Å²) in [5.74, 6) is 0.544. The first-order valence-electron chi connectivity index (χ1n) is 7.06. The first kappa shape index (κ1) is 15.6. The minimum atomic E-state index is -0.366. The van der Waals surface area contributed by atoms with Gasteiger partial charge >= 0.3 is 0 Å². The largest absolute Gasteiger partial charge is 0.495 e. The molecule has 1 fully saturated rings. The number of morpholine rings is 1. The number of carbonyl (C=O) groups is 1. The van der Waals surface area contributed by atoms with E-state index in [9.17, 15) is 4.79 Å². The molecule has 1 aromatic rings. The maximum Gasteiger partial charge on any atom is 0.254 e. The Bertz CT molecular complexity index is 536. The Morgan fingerprint density at radius 3 is 2.29 bits per heavy atom. The zero-order valence-corrected chi connectivity index (χ0v) is 13.4. The molecule has 0 aliphatic carbocycles. The highest BCUT2D eigenvalue weighted by molar-refractivity contribution is 5.95. The molecule has 5 nitrogen and oxygen atoms in total. The molecular formula is C16H24N2O3. The van der Waals surface area contributed by atoms with Gasteiger partial charge in [0.05, 0.1) is 24.0 Å². The first-order valence-corrected chi connectivity index (χ1v) is 7.06. The Kier molecular flexibility index (Phi) is 3.89. The van der Waals surface area contributed by atoms with Crippen LogP contribution >= 0.6 is 0 Å². The maximum atomic E-state index is 12.7. The van der Waals surface area contributed by atoms with Crippen molar-refractivity contribution >= 4 is 11.6 Å². The number of hydrogen-bond donors (Lipinski definition) is 1. The third-order valence-electron chi connectivity index (χ3n) is 3.46. The van der Waals surface area contributed by atoms with Crippen LogP contribution in [0.15, 0.2) is 18.2 Å². The van der Waals surface area contributed by atoms with Crippen LogP contribution in [0.5, 0.6) is 5.75 Å². The predicted octanol–water partition coefficient (Wildman–Crippen LogP) is 2.31. The molecule has 2 rings (SSSR count). The minimum absolute atomic E-state index is 0.0335. The van der Waals surface area contributed by atoms with E-state index in [1.54, 1.807) is 25.3 Å². The fourth-order valence-corrected chi connectivity index (χ4v) is 2.98. The summed E-state index contributed by atoms with van der Waals surface area (Å²) in [5.41, 5.74) is 6.19. The normalized spacial score (nSPS) is 20.1. The van der Waals surface area contributed by atoms with Crippen molar-refractivity contribution in [2.45, 2.75) is 38.9 Å². The molecule has 116 valence electrons. The lowest BCUT2D eigenvalue weighted by molar-refractivity contribution is -0.171. The standard InChI is InChI=1S/C16H24N2O3/c1-15(2)9-18(10-16(3,4)21-15)14(19)11-6-7-13(20-5)12(17)8-11/h6-8H,9-10,17H2,1-5H3. The van der Waals surface area contributed by atoms with Gasteiger partial charge in [-0.1, -0.05) is 0 Å². The lowest BCUT2D eigenvalue weighted by Crippen LogP contribution is -2.58. The minimum Gasteiger partial charge on any atom is -0.495 e. The topological polar surface area (TPSA) is 64.8 Å². The third kappa shape index (κ3) is 3.47. The molecule has 5 heteroatoms. The van der Waals surface area contributed by atoms with Crippen molar-refractivity contribution in [2.75, 3.05) is 25.9 Å². The Labute approximate surface area is 126 Å². The van der Waals surface area contributed by atoms with Crippen molar-refractivity contribution in [3.8, 4) is 5.75 Å². The second-order valence-electron chi connectivity index (χ2n) is 6.74. The molecule has 0 atom stereocenters. The summed E-state index contributed by atoms with van der Waals surface area (Å²) in [6.07, 6.45) is 0. The van der Waals surface area contributed by atoms with Crippen molar-refractivity contribution in [2.24, 2.45) is 0 Å². The van der Waals surface area contributed by atoms with Gasteiger partial charge in [0.15, 0.2) is 0 Å². The summed E-state index contributed by atoms with van der Waals surface area (Å²) in [7, 11) is 1.56. The Morgan fingerprint density at radius 1 is 1.24 bits per heavy atom. The maximum absolute atomic E-state index is 12.7. The molecule has 0 aromatic heterocycles. The summed E-state index contributed by atoms with van der Waals surface area (Å²) in [6.45, 7) is 9.10. The van der Waals surface area contributed by atoms with Crippen LogP contribution in [0.3, 0.4) is 0 Å². The van der Waals surface area contributed by atoms with Gasteiger partial charge < -0.3 is 20.1 Å². The number of nitrogens with two attached hydrogens (primary N) is 1. The van der Waals surface area contributed by atoms with Gasteiger partial charge in [0.1, 0.15) is 5.75 Å². The average Bonchev–Trinajstić information content (AvgIpc) is 2.34. The Balaban J connectivity index is 2.25. The van der Waals surface area contributed by atoms with Crippen LogP contribution in [0, 0.1) is 0 Å². The second kappa shape index (κ2) is 5.22. The molecule has 1 heterocycles. The Hall–Kier alpha value is -1.75. The van der Waals surface area contributed by atoms with E-state index in [4.69, 9.17) is 15.2 Å². The van der Waals surface area contributed by atoms with Crippen LogP contribution in [0.2, 0.25) is 0 Å². The van der Waals surface area contributed by atoms with Gasteiger partial charge in [-0.2, -0.15) is 0 Å². The van der Waals surface area contributed by atoms with Gasteiger partial charge in [-0.25, -0.2) is 0 Å². The number of hydrogen-bond acceptors (Lipinski definition) is 4. The molecule has 21 heavy (non-hydrogen) atoms. The fourth-order valence-electron chi connectivity index (χ4n) is 2.98. The smallest absolute Gasteiger partial charge is 0.254 e. The van der Waals surface area contributed by atoms with E-state index in [0.29, 0.717) is 30.1 Å². The zero-order chi connectivity index (χ0) is 15.8. The highest BCUT2D eigenvalue weighted by atomic mass is 16.5. The number of nitrogens with zero attached hydrogens (tertiary/aromatic N) is 1. The van der Waals surface area contributed by atoms with Crippen LogP contribution in [0.25, 0.3) is 0 Å². The van der Waals surface area contributed by atoms with E-state index in [1.165, 1.54) is 0 Å². The number of ether oxygens (including phenoxy) is 2. The van der Waals surface area contributed by atoms with Crippen LogP contribution in [-0.4, -0.2) is 42.2 Å². The summed E-state index contributed by atoms with van der Waals surface area (Å²) < 4.78 is 11.1. The van der Waals surface area contributed by atoms with E-state index in [0.717, 1.165) is 0 Å². The van der Waals surface area contributed by atoms with Crippen LogP contribution in [0.4, 0.5) is 5.69 Å². The number of carbonyl (C=O) groups excluding carboxylic acids is 1. The molecule has 0 unspecified atom stereocenters. The van der Waals surface area contributed by atoms with Gasteiger partial charge in [0.25, 0.3) is 5.91 Å². The van der Waals surface area contributed by atoms with Crippen LogP contribution < -0.4 is 10.5 Å². The monoisotopic (exact) mass is 292 g/mol.